The van der Waals surface area contributed by atoms with Gasteiger partial charge in [-0.2, -0.15) is 0 Å². The Morgan fingerprint density at radius 1 is 0.857 bits per heavy atom. The highest BCUT2D eigenvalue weighted by molar-refractivity contribution is 5.83. The Morgan fingerprint density at radius 3 is 1.96 bits per heavy atom. The van der Waals surface area contributed by atoms with Crippen molar-refractivity contribution in [1.29, 1.82) is 0 Å². The van der Waals surface area contributed by atoms with Crippen molar-refractivity contribution in [2.45, 2.75) is 40.0 Å². The summed E-state index contributed by atoms with van der Waals surface area (Å²) >= 11 is 0. The number of benzene rings is 2. The molecule has 2 amide bonds. The van der Waals surface area contributed by atoms with Gasteiger partial charge >= 0.3 is 0 Å². The van der Waals surface area contributed by atoms with Crippen molar-refractivity contribution in [3.63, 3.8) is 0 Å². The molecule has 0 aliphatic heterocycles. The largest absolute Gasteiger partial charge is 0.484 e. The van der Waals surface area contributed by atoms with E-state index >= 15 is 0 Å². The van der Waals surface area contributed by atoms with Gasteiger partial charge in [0.15, 0.2) is 13.2 Å². The first-order valence-electron chi connectivity index (χ1n) is 9.16. The predicted octanol–water partition coefficient (Wildman–Crippen LogP) is 3.21. The standard InChI is InChI=1S/C22H28N2O4/c1-15-6-11-19(16(2)12-15)28-14-21(26)24-23-20(25)13-27-18-9-7-17(8-10-18)22(3,4)5/h6-12H,13-14H2,1-5H3,(H,23,25)(H,24,26). The van der Waals surface area contributed by atoms with E-state index in [4.69, 9.17) is 9.47 Å². The molecule has 2 aromatic rings. The number of nitrogens with one attached hydrogen (secondary N) is 2. The molecule has 0 aromatic heterocycles. The molecule has 0 saturated heterocycles. The molecule has 6 nitrogen and oxygen atoms in total. The summed E-state index contributed by atoms with van der Waals surface area (Å²) in [6.07, 6.45) is 0. The molecule has 0 saturated carbocycles. The van der Waals surface area contributed by atoms with Crippen LogP contribution in [0.25, 0.3) is 0 Å². The molecule has 0 aliphatic carbocycles. The monoisotopic (exact) mass is 384 g/mol. The van der Waals surface area contributed by atoms with Crippen molar-refractivity contribution >= 4 is 11.8 Å². The lowest BCUT2D eigenvalue weighted by molar-refractivity contribution is -0.131. The second kappa shape index (κ2) is 9.26. The average molecular weight is 384 g/mol. The summed E-state index contributed by atoms with van der Waals surface area (Å²) < 4.78 is 10.9. The Bertz CT molecular complexity index is 823. The summed E-state index contributed by atoms with van der Waals surface area (Å²) in [5, 5.41) is 0. The van der Waals surface area contributed by atoms with Gasteiger partial charge in [-0.25, -0.2) is 0 Å². The molecule has 0 heterocycles. The molecular formula is C22H28N2O4. The zero-order valence-electron chi connectivity index (χ0n) is 17.1. The third-order valence-electron chi connectivity index (χ3n) is 4.12. The fraction of sp³-hybridized carbons (Fsp3) is 0.364. The summed E-state index contributed by atoms with van der Waals surface area (Å²) in [6, 6.07) is 13.3. The molecule has 2 aromatic carbocycles. The van der Waals surface area contributed by atoms with Gasteiger partial charge in [0.2, 0.25) is 0 Å². The van der Waals surface area contributed by atoms with Crippen LogP contribution in [-0.4, -0.2) is 25.0 Å². The summed E-state index contributed by atoms with van der Waals surface area (Å²) in [4.78, 5) is 23.6. The zero-order valence-corrected chi connectivity index (χ0v) is 17.1. The van der Waals surface area contributed by atoms with Crippen LogP contribution in [0.1, 0.15) is 37.5 Å². The lowest BCUT2D eigenvalue weighted by Crippen LogP contribution is -2.45. The van der Waals surface area contributed by atoms with Crippen molar-refractivity contribution in [2.24, 2.45) is 0 Å². The lowest BCUT2D eigenvalue weighted by atomic mass is 9.87. The van der Waals surface area contributed by atoms with E-state index in [1.165, 1.54) is 5.56 Å². The Kier molecular flexibility index (Phi) is 7.04. The second-order valence-corrected chi connectivity index (χ2v) is 7.72. The minimum Gasteiger partial charge on any atom is -0.484 e. The van der Waals surface area contributed by atoms with E-state index < -0.39 is 11.8 Å². The van der Waals surface area contributed by atoms with Crippen LogP contribution in [0.3, 0.4) is 0 Å². The average Bonchev–Trinajstić information content (AvgIpc) is 2.63. The van der Waals surface area contributed by atoms with E-state index in [-0.39, 0.29) is 18.6 Å². The Labute approximate surface area is 166 Å². The van der Waals surface area contributed by atoms with Gasteiger partial charge < -0.3 is 9.47 Å². The zero-order chi connectivity index (χ0) is 20.7. The molecule has 2 rings (SSSR count). The number of amides is 2. The van der Waals surface area contributed by atoms with Crippen LogP contribution in [0.15, 0.2) is 42.5 Å². The van der Waals surface area contributed by atoms with Crippen molar-refractivity contribution in [2.75, 3.05) is 13.2 Å². The van der Waals surface area contributed by atoms with E-state index in [1.54, 1.807) is 0 Å². The van der Waals surface area contributed by atoms with Gasteiger partial charge in [-0.15, -0.1) is 0 Å². The van der Waals surface area contributed by atoms with Crippen LogP contribution in [-0.2, 0) is 15.0 Å². The number of rotatable bonds is 6. The topological polar surface area (TPSA) is 76.7 Å². The van der Waals surface area contributed by atoms with Crippen LogP contribution in [0.4, 0.5) is 0 Å². The highest BCUT2D eigenvalue weighted by atomic mass is 16.5. The Morgan fingerprint density at radius 2 is 1.43 bits per heavy atom. The lowest BCUT2D eigenvalue weighted by Gasteiger charge is -2.19. The third-order valence-corrected chi connectivity index (χ3v) is 4.12. The maximum Gasteiger partial charge on any atom is 0.276 e. The summed E-state index contributed by atoms with van der Waals surface area (Å²) in [7, 11) is 0. The van der Waals surface area contributed by atoms with Gasteiger partial charge in [0.25, 0.3) is 11.8 Å². The van der Waals surface area contributed by atoms with E-state index in [2.05, 4.69) is 31.6 Å². The van der Waals surface area contributed by atoms with Crippen LogP contribution < -0.4 is 20.3 Å². The maximum atomic E-state index is 11.8. The number of carbonyl (C=O) groups excluding carboxylic acids is 2. The van der Waals surface area contributed by atoms with Gasteiger partial charge in [-0.1, -0.05) is 50.6 Å². The molecule has 6 heteroatoms. The molecule has 0 radical (unpaired) electrons. The molecule has 150 valence electrons. The first-order chi connectivity index (χ1) is 13.1. The minimum absolute atomic E-state index is 0.0549. The molecule has 0 fully saturated rings. The van der Waals surface area contributed by atoms with Crippen molar-refractivity contribution in [1.82, 2.24) is 10.9 Å². The summed E-state index contributed by atoms with van der Waals surface area (Å²) in [6.45, 7) is 9.88. The number of carbonyl (C=O) groups is 2. The number of hydrogen-bond acceptors (Lipinski definition) is 4. The first kappa shape index (κ1) is 21.3. The number of ether oxygens (including phenoxy) is 2. The van der Waals surface area contributed by atoms with Crippen molar-refractivity contribution in [3.8, 4) is 11.5 Å². The molecular weight excluding hydrogens is 356 g/mol. The highest BCUT2D eigenvalue weighted by Crippen LogP contribution is 2.24. The van der Waals surface area contributed by atoms with Gasteiger partial charge in [0.1, 0.15) is 11.5 Å². The van der Waals surface area contributed by atoms with Gasteiger partial charge in [0, 0.05) is 0 Å². The number of aryl methyl sites for hydroxylation is 2. The van der Waals surface area contributed by atoms with Crippen LogP contribution in [0, 0.1) is 13.8 Å². The molecule has 0 bridgehead atoms. The fourth-order valence-corrected chi connectivity index (χ4v) is 2.52. The molecule has 28 heavy (non-hydrogen) atoms. The van der Waals surface area contributed by atoms with Crippen molar-refractivity contribution in [3.05, 3.63) is 59.2 Å². The highest BCUT2D eigenvalue weighted by Gasteiger charge is 2.13. The minimum atomic E-state index is -0.459. The molecule has 0 spiro atoms. The quantitative estimate of drug-likeness (QED) is 0.750. The second-order valence-electron chi connectivity index (χ2n) is 7.72. The SMILES string of the molecule is Cc1ccc(OCC(=O)NNC(=O)COc2ccc(C(C)(C)C)cc2)c(C)c1. The molecule has 0 atom stereocenters. The normalized spacial score (nSPS) is 10.9. The first-order valence-corrected chi connectivity index (χ1v) is 9.16. The van der Waals surface area contributed by atoms with Crippen LogP contribution in [0.5, 0.6) is 11.5 Å². The fourth-order valence-electron chi connectivity index (χ4n) is 2.52. The number of hydrazine groups is 1. The van der Waals surface area contributed by atoms with Crippen LogP contribution >= 0.6 is 0 Å². The predicted molar refractivity (Wildman–Crippen MR) is 108 cm³/mol. The van der Waals surface area contributed by atoms with Gasteiger partial charge in [0.05, 0.1) is 0 Å². The van der Waals surface area contributed by atoms with Crippen molar-refractivity contribution < 1.29 is 19.1 Å². The molecule has 0 aliphatic rings. The molecule has 2 N–H and O–H groups in total. The van der Waals surface area contributed by atoms with Gasteiger partial charge in [-0.05, 0) is 48.6 Å². The van der Waals surface area contributed by atoms with E-state index in [0.717, 1.165) is 11.1 Å². The smallest absolute Gasteiger partial charge is 0.276 e. The summed E-state index contributed by atoms with van der Waals surface area (Å²) in [5.41, 5.74) is 7.91. The Hall–Kier alpha value is -3.02. The van der Waals surface area contributed by atoms with Gasteiger partial charge in [-0.3, -0.25) is 20.4 Å². The maximum absolute atomic E-state index is 11.8. The van der Waals surface area contributed by atoms with E-state index in [0.29, 0.717) is 11.5 Å². The third kappa shape index (κ3) is 6.61. The Balaban J connectivity index is 1.71. The molecule has 0 unspecified atom stereocenters. The van der Waals surface area contributed by atoms with Crippen LogP contribution in [0.2, 0.25) is 0 Å². The summed E-state index contributed by atoms with van der Waals surface area (Å²) in [5.74, 6) is 0.310. The van der Waals surface area contributed by atoms with E-state index in [9.17, 15) is 9.59 Å². The number of hydrogen-bond donors (Lipinski definition) is 2. The van der Waals surface area contributed by atoms with E-state index in [1.807, 2.05) is 56.3 Å².